The Labute approximate surface area is 141 Å². The molecule has 0 aliphatic rings. The molecule has 0 aliphatic heterocycles. The Morgan fingerprint density at radius 3 is 2.87 bits per heavy atom. The molecule has 2 amide bonds. The highest BCUT2D eigenvalue weighted by molar-refractivity contribution is 7.99. The number of rotatable bonds is 8. The number of anilines is 1. The van der Waals surface area contributed by atoms with Gasteiger partial charge in [-0.1, -0.05) is 26.0 Å². The summed E-state index contributed by atoms with van der Waals surface area (Å²) in [7, 11) is 0. The van der Waals surface area contributed by atoms with E-state index in [-0.39, 0.29) is 6.03 Å². The fourth-order valence-corrected chi connectivity index (χ4v) is 2.95. The number of carbonyl (C=O) groups excluding carboxylic acids is 1. The number of carbonyl (C=O) groups is 1. The lowest BCUT2D eigenvalue weighted by Crippen LogP contribution is -2.29. The van der Waals surface area contributed by atoms with E-state index in [2.05, 4.69) is 34.7 Å². The van der Waals surface area contributed by atoms with Gasteiger partial charge in [-0.3, -0.25) is 0 Å². The van der Waals surface area contributed by atoms with Gasteiger partial charge in [0, 0.05) is 11.4 Å². The number of urea groups is 1. The predicted octanol–water partition coefficient (Wildman–Crippen LogP) is 3.51. The zero-order valence-electron chi connectivity index (χ0n) is 13.6. The van der Waals surface area contributed by atoms with Crippen molar-refractivity contribution in [2.24, 2.45) is 0 Å². The fraction of sp³-hybridized carbons (Fsp3) is 0.438. The number of hydrogen-bond donors (Lipinski definition) is 2. The molecule has 6 nitrogen and oxygen atoms in total. The van der Waals surface area contributed by atoms with Gasteiger partial charge in [0.1, 0.15) is 6.33 Å². The number of nitrogens with one attached hydrogen (secondary N) is 2. The van der Waals surface area contributed by atoms with Crippen molar-refractivity contribution < 1.29 is 4.79 Å². The first-order valence-electron chi connectivity index (χ1n) is 7.88. The lowest BCUT2D eigenvalue weighted by molar-refractivity contribution is 0.251. The second-order valence-corrected chi connectivity index (χ2v) is 6.23. The molecular weight excluding hydrogens is 310 g/mol. The van der Waals surface area contributed by atoms with Gasteiger partial charge in [-0.15, -0.1) is 22.0 Å². The van der Waals surface area contributed by atoms with E-state index >= 15 is 0 Å². The maximum absolute atomic E-state index is 12.1. The second-order valence-electron chi connectivity index (χ2n) is 5.09. The summed E-state index contributed by atoms with van der Waals surface area (Å²) >= 11 is 1.74. The van der Waals surface area contributed by atoms with E-state index in [0.717, 1.165) is 41.5 Å². The Balaban J connectivity index is 1.91. The van der Waals surface area contributed by atoms with Crippen molar-refractivity contribution >= 4 is 23.5 Å². The first-order valence-corrected chi connectivity index (χ1v) is 8.86. The largest absolute Gasteiger partial charge is 0.331 e. The third-order valence-corrected chi connectivity index (χ3v) is 4.44. The minimum atomic E-state index is -0.236. The SMILES string of the molecule is CCCSc1ccccc1NC(=O)NCc1nncn1CCC. The van der Waals surface area contributed by atoms with Crippen LogP contribution in [0, 0.1) is 0 Å². The van der Waals surface area contributed by atoms with Crippen molar-refractivity contribution in [2.75, 3.05) is 11.1 Å². The molecule has 1 aromatic heterocycles. The number of amides is 2. The molecule has 0 aliphatic carbocycles. The molecule has 0 unspecified atom stereocenters. The topological polar surface area (TPSA) is 71.8 Å². The third kappa shape index (κ3) is 5.28. The van der Waals surface area contributed by atoms with E-state index in [1.807, 2.05) is 28.8 Å². The molecule has 0 bridgehead atoms. The van der Waals surface area contributed by atoms with Crippen molar-refractivity contribution in [1.29, 1.82) is 0 Å². The van der Waals surface area contributed by atoms with Gasteiger partial charge >= 0.3 is 6.03 Å². The number of nitrogens with zero attached hydrogens (tertiary/aromatic N) is 3. The number of aromatic nitrogens is 3. The Morgan fingerprint density at radius 1 is 1.26 bits per heavy atom. The van der Waals surface area contributed by atoms with Gasteiger partial charge in [0.15, 0.2) is 5.82 Å². The lowest BCUT2D eigenvalue weighted by Gasteiger charge is -2.11. The Hall–Kier alpha value is -2.02. The second kappa shape index (κ2) is 9.19. The van der Waals surface area contributed by atoms with Crippen LogP contribution >= 0.6 is 11.8 Å². The molecule has 2 rings (SSSR count). The van der Waals surface area contributed by atoms with Gasteiger partial charge in [-0.2, -0.15) is 0 Å². The van der Waals surface area contributed by atoms with Crippen LogP contribution in [0.25, 0.3) is 0 Å². The normalized spacial score (nSPS) is 10.5. The first kappa shape index (κ1) is 17.3. The molecule has 124 valence electrons. The Morgan fingerprint density at radius 2 is 2.09 bits per heavy atom. The molecule has 0 fully saturated rings. The van der Waals surface area contributed by atoms with Crippen LogP contribution < -0.4 is 10.6 Å². The molecule has 0 radical (unpaired) electrons. The predicted molar refractivity (Wildman–Crippen MR) is 93.6 cm³/mol. The zero-order valence-corrected chi connectivity index (χ0v) is 14.4. The summed E-state index contributed by atoms with van der Waals surface area (Å²) in [5.41, 5.74) is 0.832. The number of aryl methyl sites for hydroxylation is 1. The van der Waals surface area contributed by atoms with Gasteiger partial charge in [0.2, 0.25) is 0 Å². The van der Waals surface area contributed by atoms with Crippen molar-refractivity contribution in [3.63, 3.8) is 0 Å². The molecule has 23 heavy (non-hydrogen) atoms. The van der Waals surface area contributed by atoms with Crippen LogP contribution in [0.15, 0.2) is 35.5 Å². The molecule has 0 saturated heterocycles. The minimum Gasteiger partial charge on any atom is -0.331 e. The van der Waals surface area contributed by atoms with E-state index in [4.69, 9.17) is 0 Å². The van der Waals surface area contributed by atoms with Crippen molar-refractivity contribution in [3.8, 4) is 0 Å². The van der Waals surface area contributed by atoms with Gasteiger partial charge in [-0.25, -0.2) is 4.79 Å². The summed E-state index contributed by atoms with van der Waals surface area (Å²) in [6.07, 6.45) is 3.78. The molecule has 0 atom stereocenters. The fourth-order valence-electron chi connectivity index (χ4n) is 2.08. The summed E-state index contributed by atoms with van der Waals surface area (Å²) in [4.78, 5) is 13.2. The summed E-state index contributed by atoms with van der Waals surface area (Å²) in [6, 6.07) is 7.60. The molecule has 0 saturated carbocycles. The standard InChI is InChI=1S/C16H23N5OS/c1-3-9-21-12-18-20-15(21)11-17-16(22)19-13-7-5-6-8-14(13)23-10-4-2/h5-8,12H,3-4,9-11H2,1-2H3,(H2,17,19,22). The molecule has 1 aromatic carbocycles. The quantitative estimate of drug-likeness (QED) is 0.725. The van der Waals surface area contributed by atoms with Crippen LogP contribution in [0.5, 0.6) is 0 Å². The average molecular weight is 333 g/mol. The highest BCUT2D eigenvalue weighted by Gasteiger charge is 2.09. The first-order chi connectivity index (χ1) is 11.2. The number of benzene rings is 1. The van der Waals surface area contributed by atoms with Crippen molar-refractivity contribution in [1.82, 2.24) is 20.1 Å². The van der Waals surface area contributed by atoms with Crippen LogP contribution in [0.4, 0.5) is 10.5 Å². The molecule has 2 N–H and O–H groups in total. The van der Waals surface area contributed by atoms with Crippen LogP contribution in [0.1, 0.15) is 32.5 Å². The summed E-state index contributed by atoms with van der Waals surface area (Å²) in [6.45, 7) is 5.44. The van der Waals surface area contributed by atoms with E-state index in [1.54, 1.807) is 18.1 Å². The molecule has 0 spiro atoms. The number of thioether (sulfide) groups is 1. The summed E-state index contributed by atoms with van der Waals surface area (Å²) < 4.78 is 1.95. The molecular formula is C16H23N5OS. The van der Waals surface area contributed by atoms with Crippen LogP contribution in [0.2, 0.25) is 0 Å². The van der Waals surface area contributed by atoms with E-state index in [0.29, 0.717) is 6.54 Å². The van der Waals surface area contributed by atoms with Crippen LogP contribution in [-0.4, -0.2) is 26.5 Å². The van der Waals surface area contributed by atoms with Gasteiger partial charge in [0.25, 0.3) is 0 Å². The van der Waals surface area contributed by atoms with E-state index in [9.17, 15) is 4.79 Å². The third-order valence-electron chi connectivity index (χ3n) is 3.16. The summed E-state index contributed by atoms with van der Waals surface area (Å²) in [5, 5.41) is 13.7. The van der Waals surface area contributed by atoms with Gasteiger partial charge in [0.05, 0.1) is 12.2 Å². The smallest absolute Gasteiger partial charge is 0.319 e. The maximum atomic E-state index is 12.1. The lowest BCUT2D eigenvalue weighted by atomic mass is 10.3. The molecule has 1 heterocycles. The number of hydrogen-bond acceptors (Lipinski definition) is 4. The van der Waals surface area contributed by atoms with Crippen LogP contribution in [0.3, 0.4) is 0 Å². The van der Waals surface area contributed by atoms with Crippen molar-refractivity contribution in [3.05, 3.63) is 36.4 Å². The van der Waals surface area contributed by atoms with E-state index in [1.165, 1.54) is 0 Å². The molecule has 2 aromatic rings. The maximum Gasteiger partial charge on any atom is 0.319 e. The van der Waals surface area contributed by atoms with Gasteiger partial charge in [-0.05, 0) is 30.7 Å². The van der Waals surface area contributed by atoms with Crippen LogP contribution in [-0.2, 0) is 13.1 Å². The molecule has 7 heteroatoms. The monoisotopic (exact) mass is 333 g/mol. The van der Waals surface area contributed by atoms with Gasteiger partial charge < -0.3 is 15.2 Å². The summed E-state index contributed by atoms with van der Waals surface area (Å²) in [5.74, 6) is 1.79. The highest BCUT2D eigenvalue weighted by Crippen LogP contribution is 2.27. The average Bonchev–Trinajstić information content (AvgIpc) is 3.00. The highest BCUT2D eigenvalue weighted by atomic mass is 32.2. The minimum absolute atomic E-state index is 0.236. The van der Waals surface area contributed by atoms with Crippen molar-refractivity contribution in [2.45, 2.75) is 44.7 Å². The zero-order chi connectivity index (χ0) is 16.5. The van der Waals surface area contributed by atoms with E-state index < -0.39 is 0 Å². The number of para-hydroxylation sites is 1. The Bertz CT molecular complexity index is 628. The Kier molecular flexibility index (Phi) is 6.93.